The van der Waals surface area contributed by atoms with Gasteiger partial charge in [-0.1, -0.05) is 36.2 Å². The number of aliphatic carboxylic acids is 1. The van der Waals surface area contributed by atoms with Crippen molar-refractivity contribution in [3.63, 3.8) is 0 Å². The largest absolute Gasteiger partial charge is 0.550 e. The zero-order chi connectivity index (χ0) is 19.3. The Kier molecular flexibility index (Phi) is 6.39. The summed E-state index contributed by atoms with van der Waals surface area (Å²) in [6.07, 6.45) is 0.333. The number of ether oxygens (including phenoxy) is 1. The van der Waals surface area contributed by atoms with Gasteiger partial charge in [0.15, 0.2) is 0 Å². The Balaban J connectivity index is 2.22. The van der Waals surface area contributed by atoms with E-state index in [-0.39, 0.29) is 5.91 Å². The summed E-state index contributed by atoms with van der Waals surface area (Å²) < 4.78 is 5.09. The fourth-order valence-corrected chi connectivity index (χ4v) is 3.01. The molecule has 1 amide bonds. The molecule has 2 rings (SSSR count). The second-order valence-corrected chi connectivity index (χ2v) is 6.63. The van der Waals surface area contributed by atoms with Crippen LogP contribution < -0.4 is 15.2 Å². The lowest BCUT2D eigenvalue weighted by Crippen LogP contribution is -2.40. The fraction of sp³-hybridized carbons (Fsp3) is 0.333. The van der Waals surface area contributed by atoms with Gasteiger partial charge in [-0.25, -0.2) is 0 Å². The Morgan fingerprint density at radius 2 is 1.65 bits per heavy atom. The van der Waals surface area contributed by atoms with E-state index in [2.05, 4.69) is 5.32 Å². The summed E-state index contributed by atoms with van der Waals surface area (Å²) in [7, 11) is 1.56. The molecule has 0 radical (unpaired) electrons. The van der Waals surface area contributed by atoms with E-state index in [9.17, 15) is 14.7 Å². The molecule has 0 aliphatic heterocycles. The number of carbonyl (C=O) groups is 2. The van der Waals surface area contributed by atoms with E-state index < -0.39 is 17.8 Å². The van der Waals surface area contributed by atoms with Crippen molar-refractivity contribution in [2.45, 2.75) is 27.2 Å². The van der Waals surface area contributed by atoms with E-state index in [0.29, 0.717) is 17.9 Å². The molecular formula is C21H24NO4-. The maximum Gasteiger partial charge on any atom is 0.228 e. The number of amides is 1. The predicted molar refractivity (Wildman–Crippen MR) is 98.9 cm³/mol. The summed E-state index contributed by atoms with van der Waals surface area (Å²) in [4.78, 5) is 24.2. The quantitative estimate of drug-likeness (QED) is 0.829. The van der Waals surface area contributed by atoms with Crippen molar-refractivity contribution in [1.82, 2.24) is 0 Å². The first-order chi connectivity index (χ1) is 12.3. The molecule has 26 heavy (non-hydrogen) atoms. The molecule has 0 saturated carbocycles. The summed E-state index contributed by atoms with van der Waals surface area (Å²) in [5, 5.41) is 14.2. The minimum Gasteiger partial charge on any atom is -0.550 e. The second kappa shape index (κ2) is 8.52. The van der Waals surface area contributed by atoms with Crippen molar-refractivity contribution in [1.29, 1.82) is 0 Å². The van der Waals surface area contributed by atoms with Gasteiger partial charge in [-0.2, -0.15) is 0 Å². The van der Waals surface area contributed by atoms with E-state index in [4.69, 9.17) is 4.74 Å². The van der Waals surface area contributed by atoms with Crippen molar-refractivity contribution in [2.24, 2.45) is 11.8 Å². The lowest BCUT2D eigenvalue weighted by molar-refractivity contribution is -0.312. The highest BCUT2D eigenvalue weighted by Crippen LogP contribution is 2.22. The first-order valence-corrected chi connectivity index (χ1v) is 8.53. The average Bonchev–Trinajstić information content (AvgIpc) is 2.58. The van der Waals surface area contributed by atoms with Crippen LogP contribution in [0.2, 0.25) is 0 Å². The number of carboxylic acid groups (broad SMARTS) is 1. The minimum absolute atomic E-state index is 0.333. The first-order valence-electron chi connectivity index (χ1n) is 8.53. The van der Waals surface area contributed by atoms with E-state index in [1.54, 1.807) is 31.4 Å². The number of hydrogen-bond acceptors (Lipinski definition) is 4. The maximum atomic E-state index is 12.8. The molecule has 0 spiro atoms. The third-order valence-electron chi connectivity index (χ3n) is 4.41. The highest BCUT2D eigenvalue weighted by atomic mass is 16.5. The Bertz CT molecular complexity index is 763. The molecule has 0 unspecified atom stereocenters. The highest BCUT2D eigenvalue weighted by molar-refractivity contribution is 5.95. The number of carbonyl (C=O) groups excluding carboxylic acids is 2. The third-order valence-corrected chi connectivity index (χ3v) is 4.41. The molecule has 5 heteroatoms. The number of rotatable bonds is 7. The zero-order valence-electron chi connectivity index (χ0n) is 15.5. The molecule has 0 heterocycles. The van der Waals surface area contributed by atoms with E-state index in [1.807, 2.05) is 32.0 Å². The molecule has 2 atom stereocenters. The van der Waals surface area contributed by atoms with Crippen LogP contribution in [0.1, 0.15) is 23.6 Å². The molecular weight excluding hydrogens is 330 g/mol. The number of carboxylic acids is 1. The predicted octanol–water partition coefficient (Wildman–Crippen LogP) is 2.50. The number of nitrogens with one attached hydrogen (secondary N) is 1. The first kappa shape index (κ1) is 19.5. The van der Waals surface area contributed by atoms with Crippen LogP contribution in [-0.2, 0) is 16.0 Å². The monoisotopic (exact) mass is 354 g/mol. The second-order valence-electron chi connectivity index (χ2n) is 6.63. The van der Waals surface area contributed by atoms with E-state index in [1.165, 1.54) is 6.92 Å². The van der Waals surface area contributed by atoms with Gasteiger partial charge in [0.05, 0.1) is 13.0 Å². The minimum atomic E-state index is -1.23. The molecule has 0 fully saturated rings. The van der Waals surface area contributed by atoms with Crippen LogP contribution in [0.5, 0.6) is 5.75 Å². The number of anilines is 1. The number of methoxy groups -OCH3 is 1. The summed E-state index contributed by atoms with van der Waals surface area (Å²) in [5.41, 5.74) is 3.68. The molecule has 0 aliphatic carbocycles. The van der Waals surface area contributed by atoms with Crippen LogP contribution in [0.4, 0.5) is 5.69 Å². The van der Waals surface area contributed by atoms with Crippen molar-refractivity contribution < 1.29 is 19.4 Å². The van der Waals surface area contributed by atoms with Crippen molar-refractivity contribution in [3.05, 3.63) is 59.2 Å². The Hall–Kier alpha value is -2.82. The number of benzene rings is 2. The normalized spacial score (nSPS) is 12.9. The highest BCUT2D eigenvalue weighted by Gasteiger charge is 2.26. The lowest BCUT2D eigenvalue weighted by atomic mass is 9.86. The van der Waals surface area contributed by atoms with Crippen LogP contribution in [0.25, 0.3) is 0 Å². The van der Waals surface area contributed by atoms with Crippen LogP contribution in [0, 0.1) is 25.7 Å². The van der Waals surface area contributed by atoms with Gasteiger partial charge in [0.25, 0.3) is 0 Å². The number of aryl methyl sites for hydroxylation is 2. The molecule has 0 aromatic heterocycles. The van der Waals surface area contributed by atoms with Gasteiger partial charge < -0.3 is 20.0 Å². The third kappa shape index (κ3) is 5.09. The summed E-state index contributed by atoms with van der Waals surface area (Å²) in [5.74, 6) is -2.54. The molecule has 1 N–H and O–H groups in total. The van der Waals surface area contributed by atoms with Crippen molar-refractivity contribution >= 4 is 17.6 Å². The van der Waals surface area contributed by atoms with Gasteiger partial charge in [0.1, 0.15) is 5.75 Å². The lowest BCUT2D eigenvalue weighted by Gasteiger charge is -2.24. The van der Waals surface area contributed by atoms with Gasteiger partial charge in [-0.3, -0.25) is 4.79 Å². The Morgan fingerprint density at radius 1 is 1.08 bits per heavy atom. The fourth-order valence-electron chi connectivity index (χ4n) is 3.01. The van der Waals surface area contributed by atoms with Crippen LogP contribution >= 0.6 is 0 Å². The zero-order valence-corrected chi connectivity index (χ0v) is 15.5. The van der Waals surface area contributed by atoms with Crippen LogP contribution in [0.15, 0.2) is 42.5 Å². The SMILES string of the molecule is COc1ccc(NC(=O)[C@H](Cc2cc(C)cc(C)c2)[C@H](C)C(=O)[O-])cc1. The Morgan fingerprint density at radius 3 is 2.15 bits per heavy atom. The molecule has 5 nitrogen and oxygen atoms in total. The van der Waals surface area contributed by atoms with Gasteiger partial charge >= 0.3 is 0 Å². The van der Waals surface area contributed by atoms with Gasteiger partial charge in [0.2, 0.25) is 5.91 Å². The molecule has 0 bridgehead atoms. The van der Waals surface area contributed by atoms with E-state index >= 15 is 0 Å². The smallest absolute Gasteiger partial charge is 0.228 e. The summed E-state index contributed by atoms with van der Waals surface area (Å²) in [6, 6.07) is 12.9. The average molecular weight is 354 g/mol. The summed E-state index contributed by atoms with van der Waals surface area (Å²) >= 11 is 0. The summed E-state index contributed by atoms with van der Waals surface area (Å²) in [6.45, 7) is 5.46. The van der Waals surface area contributed by atoms with Crippen molar-refractivity contribution in [3.8, 4) is 5.75 Å². The van der Waals surface area contributed by atoms with Crippen LogP contribution in [0.3, 0.4) is 0 Å². The molecule has 2 aromatic carbocycles. The number of hydrogen-bond donors (Lipinski definition) is 1. The molecule has 138 valence electrons. The topological polar surface area (TPSA) is 78.5 Å². The molecule has 0 saturated heterocycles. The standard InChI is InChI=1S/C21H25NO4/c1-13-9-14(2)11-16(10-13)12-19(15(3)21(24)25)20(23)22-17-5-7-18(26-4)8-6-17/h5-11,15,19H,12H2,1-4H3,(H,22,23)(H,24,25)/p-1/t15-,19+/m0/s1. The van der Waals surface area contributed by atoms with Crippen molar-refractivity contribution in [2.75, 3.05) is 12.4 Å². The van der Waals surface area contributed by atoms with Crippen LogP contribution in [-0.4, -0.2) is 19.0 Å². The maximum absolute atomic E-state index is 12.8. The molecule has 2 aromatic rings. The van der Waals surface area contributed by atoms with E-state index in [0.717, 1.165) is 16.7 Å². The van der Waals surface area contributed by atoms with Gasteiger partial charge in [-0.05, 0) is 50.1 Å². The Labute approximate surface area is 154 Å². The van der Waals surface area contributed by atoms with Gasteiger partial charge in [-0.15, -0.1) is 0 Å². The molecule has 0 aliphatic rings. The van der Waals surface area contributed by atoms with Gasteiger partial charge in [0, 0.05) is 17.6 Å².